The minimum absolute atomic E-state index is 0. The van der Waals surface area contributed by atoms with Crippen molar-refractivity contribution >= 4 is 50.9 Å². The van der Waals surface area contributed by atoms with Crippen LogP contribution in [0.1, 0.15) is 43.4 Å². The zero-order chi connectivity index (χ0) is 23.4. The van der Waals surface area contributed by atoms with Gasteiger partial charge in [0.25, 0.3) is 0 Å². The number of hydrogen-bond acceptors (Lipinski definition) is 0. The maximum absolute atomic E-state index is 4.17. The van der Waals surface area contributed by atoms with Gasteiger partial charge in [0, 0.05) is 0 Å². The van der Waals surface area contributed by atoms with Crippen molar-refractivity contribution in [1.82, 2.24) is 0 Å². The van der Waals surface area contributed by atoms with Gasteiger partial charge in [-0.05, 0) is 0 Å². The van der Waals surface area contributed by atoms with E-state index in [4.69, 9.17) is 0 Å². The molecule has 0 saturated heterocycles. The van der Waals surface area contributed by atoms with E-state index in [-0.39, 0.29) is 24.8 Å². The van der Waals surface area contributed by atoms with E-state index in [1.54, 1.807) is 28.8 Å². The first-order chi connectivity index (χ1) is 16.5. The summed E-state index contributed by atoms with van der Waals surface area (Å²) in [6, 6.07) is 41.8. The Morgan fingerprint density at radius 3 is 1.22 bits per heavy atom. The zero-order valence-electron chi connectivity index (χ0n) is 21.0. The van der Waals surface area contributed by atoms with Gasteiger partial charge in [-0.2, -0.15) is 0 Å². The summed E-state index contributed by atoms with van der Waals surface area (Å²) in [6.07, 6.45) is 4.97. The van der Waals surface area contributed by atoms with Crippen LogP contribution in [0.25, 0.3) is 12.2 Å². The van der Waals surface area contributed by atoms with Gasteiger partial charge in [-0.25, -0.2) is 0 Å². The number of rotatable bonds is 4. The van der Waals surface area contributed by atoms with Crippen molar-refractivity contribution in [3.05, 3.63) is 143 Å². The maximum Gasteiger partial charge on any atom is -0.147 e. The fraction of sp³-hybridized carbons (Fsp3) is 0.125. The summed E-state index contributed by atoms with van der Waals surface area (Å²) < 4.78 is 4.19. The van der Waals surface area contributed by atoms with Crippen molar-refractivity contribution in [1.29, 1.82) is 0 Å². The molecule has 6 rings (SSSR count). The molecule has 36 heavy (non-hydrogen) atoms. The predicted molar refractivity (Wildman–Crippen MR) is 162 cm³/mol. The first-order valence-corrected chi connectivity index (χ1v) is 26.0. The molecule has 0 nitrogen and oxygen atoms in total. The third-order valence-corrected chi connectivity index (χ3v) is 42.8. The van der Waals surface area contributed by atoms with Crippen LogP contribution in [0.4, 0.5) is 0 Å². The fourth-order valence-corrected chi connectivity index (χ4v) is 42.3. The van der Waals surface area contributed by atoms with Crippen molar-refractivity contribution in [3.63, 3.8) is 0 Å². The standard InChI is InChI=1S/2C10H9.2C6H5.2ClH.H3Si.Zr/c2*1-8-6-9-4-2-3-5-10(9)7-8;2*1-2-4-6-5-3-1;;;;/h2*2-7H,1H3;2*1-5H;2*1H;1H3;. The molecule has 4 heteroatoms. The molecule has 0 heterocycles. The van der Waals surface area contributed by atoms with Crippen LogP contribution in [-0.2, 0) is 17.9 Å². The van der Waals surface area contributed by atoms with E-state index < -0.39 is 17.9 Å². The van der Waals surface area contributed by atoms with Gasteiger partial charge >= 0.3 is 208 Å². The van der Waals surface area contributed by atoms with E-state index >= 15 is 0 Å². The molecule has 2 aliphatic rings. The van der Waals surface area contributed by atoms with Crippen molar-refractivity contribution < 1.29 is 17.9 Å². The molecule has 0 bridgehead atoms. The first kappa shape index (κ1) is 27.1. The molecule has 183 valence electrons. The zero-order valence-corrected chi connectivity index (χ0v) is 27.1. The second kappa shape index (κ2) is 10.1. The number of hydrogen-bond donors (Lipinski definition) is 0. The van der Waals surface area contributed by atoms with Gasteiger partial charge < -0.3 is 0 Å². The van der Waals surface area contributed by atoms with Crippen LogP contribution in [0.15, 0.2) is 120 Å². The van der Waals surface area contributed by atoms with Crippen molar-refractivity contribution in [3.8, 4) is 0 Å². The third-order valence-electron chi connectivity index (χ3n) is 8.86. The predicted octanol–water partition coefficient (Wildman–Crippen LogP) is 6.77. The van der Waals surface area contributed by atoms with E-state index in [1.165, 1.54) is 11.1 Å². The summed E-state index contributed by atoms with van der Waals surface area (Å²) in [4.78, 5) is 0. The molecule has 0 amide bonds. The first-order valence-electron chi connectivity index (χ1n) is 12.4. The van der Waals surface area contributed by atoms with E-state index in [1.807, 2.05) is 0 Å². The number of benzene rings is 4. The van der Waals surface area contributed by atoms with Gasteiger partial charge in [-0.15, -0.1) is 24.8 Å². The monoisotopic (exact) mass is 605 g/mol. The summed E-state index contributed by atoms with van der Waals surface area (Å²) in [7, 11) is 1.15. The molecule has 2 atom stereocenters. The van der Waals surface area contributed by atoms with E-state index in [0.29, 0.717) is 7.25 Å². The Bertz CT molecular complexity index is 1350. The Hall–Kier alpha value is -1.96. The molecule has 0 spiro atoms. The SMILES string of the molecule is CC1=Cc2ccccc2[CH]1[Zr]([SiH3])([c]1ccccc1)([c]1ccccc1)[CH]1C(C)=Cc2ccccc21.Cl.Cl. The van der Waals surface area contributed by atoms with Gasteiger partial charge in [-0.3, -0.25) is 0 Å². The van der Waals surface area contributed by atoms with Crippen LogP contribution in [0, 0.1) is 0 Å². The molecule has 0 saturated carbocycles. The van der Waals surface area contributed by atoms with Crippen LogP contribution >= 0.6 is 24.8 Å². The Balaban J connectivity index is 0.00000152. The van der Waals surface area contributed by atoms with Crippen molar-refractivity contribution in [2.45, 2.75) is 21.1 Å². The summed E-state index contributed by atoms with van der Waals surface area (Å²) in [6.45, 7) is 4.81. The van der Waals surface area contributed by atoms with Crippen LogP contribution in [-0.4, -0.2) is 7.37 Å². The van der Waals surface area contributed by atoms with Crippen molar-refractivity contribution in [2.75, 3.05) is 0 Å². The molecule has 2 unspecified atom stereocenters. The van der Waals surface area contributed by atoms with Crippen molar-refractivity contribution in [2.24, 2.45) is 0 Å². The molecule has 0 fully saturated rings. The van der Waals surface area contributed by atoms with E-state index in [9.17, 15) is 0 Å². The Kier molecular flexibility index (Phi) is 7.58. The minimum atomic E-state index is -4.17. The van der Waals surface area contributed by atoms with E-state index in [0.717, 1.165) is 7.37 Å². The summed E-state index contributed by atoms with van der Waals surface area (Å²) in [5, 5.41) is 0. The number of allylic oxidation sites excluding steroid dienone is 2. The smallest absolute Gasteiger partial charge is 0.147 e. The van der Waals surface area contributed by atoms with Gasteiger partial charge in [0.1, 0.15) is 0 Å². The van der Waals surface area contributed by atoms with Gasteiger partial charge in [0.15, 0.2) is 0 Å². The molecule has 4 aromatic carbocycles. The van der Waals surface area contributed by atoms with Crippen LogP contribution in [0.3, 0.4) is 0 Å². The van der Waals surface area contributed by atoms with Gasteiger partial charge in [0.05, 0.1) is 0 Å². The topological polar surface area (TPSA) is 0 Å². The average molecular weight is 608 g/mol. The second-order valence-electron chi connectivity index (χ2n) is 10.6. The summed E-state index contributed by atoms with van der Waals surface area (Å²) in [5.74, 6) is 0. The quantitative estimate of drug-likeness (QED) is 0.225. The molecule has 0 radical (unpaired) electrons. The minimum Gasteiger partial charge on any atom is -0.147 e. The Morgan fingerprint density at radius 1 is 0.500 bits per heavy atom. The number of fused-ring (bicyclic) bond motifs is 2. The molecule has 4 aromatic rings. The number of halogens is 2. The van der Waals surface area contributed by atoms with Gasteiger partial charge in [0.2, 0.25) is 0 Å². The van der Waals surface area contributed by atoms with Gasteiger partial charge in [-0.1, -0.05) is 0 Å². The molecule has 0 aromatic heterocycles. The maximum atomic E-state index is 2.48. The van der Waals surface area contributed by atoms with E-state index in [2.05, 4.69) is 135 Å². The Labute approximate surface area is 230 Å². The molecule has 0 aliphatic heterocycles. The normalized spacial score (nSPS) is 19.0. The summed E-state index contributed by atoms with van der Waals surface area (Å²) in [5.41, 5.74) is 9.02. The Morgan fingerprint density at radius 2 is 0.833 bits per heavy atom. The summed E-state index contributed by atoms with van der Waals surface area (Å²) >= 11 is -4.17. The third kappa shape index (κ3) is 3.64. The largest absolute Gasteiger partial charge is 0.147 e. The fourth-order valence-electron chi connectivity index (χ4n) is 7.69. The molecule has 2 aliphatic carbocycles. The second-order valence-corrected chi connectivity index (χ2v) is 38.6. The molecule has 0 N–H and O–H groups in total. The molecular formula is C32H33Cl2SiZr. The van der Waals surface area contributed by atoms with Crippen LogP contribution < -0.4 is 6.54 Å². The average Bonchev–Trinajstić information content (AvgIpc) is 3.41. The van der Waals surface area contributed by atoms with Crippen LogP contribution in [0.5, 0.6) is 0 Å². The molecular weight excluding hydrogens is 575 g/mol. The van der Waals surface area contributed by atoms with Crippen LogP contribution in [0.2, 0.25) is 0 Å².